The van der Waals surface area contributed by atoms with Crippen LogP contribution in [0.1, 0.15) is 26.3 Å². The van der Waals surface area contributed by atoms with Gasteiger partial charge in [0.2, 0.25) is 5.88 Å². The number of rotatable bonds is 1. The van der Waals surface area contributed by atoms with Gasteiger partial charge >= 0.3 is 6.09 Å². The monoisotopic (exact) mass is 197 g/mol. The van der Waals surface area contributed by atoms with Crippen LogP contribution in [0.15, 0.2) is 16.7 Å². The van der Waals surface area contributed by atoms with Crippen LogP contribution < -0.4 is 5.32 Å². The molecule has 1 N–H and O–H groups in total. The summed E-state index contributed by atoms with van der Waals surface area (Å²) in [5.41, 5.74) is 0.460. The van der Waals surface area contributed by atoms with Gasteiger partial charge in [-0.3, -0.25) is 5.32 Å². The van der Waals surface area contributed by atoms with Crippen molar-refractivity contribution in [1.29, 1.82) is 0 Å². The second kappa shape index (κ2) is 3.74. The fraction of sp³-hybridized carbons (Fsp3) is 0.500. The van der Waals surface area contributed by atoms with Crippen molar-refractivity contribution in [3.05, 3.63) is 17.9 Å². The lowest BCUT2D eigenvalue weighted by Crippen LogP contribution is -2.27. The molecule has 1 heterocycles. The van der Waals surface area contributed by atoms with E-state index in [1.54, 1.807) is 33.1 Å². The van der Waals surface area contributed by atoms with Gasteiger partial charge in [0.1, 0.15) is 5.60 Å². The zero-order chi connectivity index (χ0) is 10.8. The van der Waals surface area contributed by atoms with E-state index in [4.69, 9.17) is 9.15 Å². The van der Waals surface area contributed by atoms with Crippen molar-refractivity contribution in [2.75, 3.05) is 5.32 Å². The number of furan rings is 1. The summed E-state index contributed by atoms with van der Waals surface area (Å²) in [6, 6.07) is 1.73. The first-order chi connectivity index (χ1) is 6.37. The van der Waals surface area contributed by atoms with E-state index < -0.39 is 11.7 Å². The maximum Gasteiger partial charge on any atom is 0.414 e. The predicted molar refractivity (Wildman–Crippen MR) is 53.3 cm³/mol. The van der Waals surface area contributed by atoms with E-state index in [0.717, 1.165) is 5.56 Å². The Balaban J connectivity index is 2.50. The Labute approximate surface area is 83.2 Å². The van der Waals surface area contributed by atoms with Gasteiger partial charge in [0.25, 0.3) is 0 Å². The van der Waals surface area contributed by atoms with Crippen LogP contribution >= 0.6 is 0 Å². The maximum absolute atomic E-state index is 11.2. The molecule has 0 radical (unpaired) electrons. The average molecular weight is 197 g/mol. The largest absolute Gasteiger partial charge is 0.448 e. The highest BCUT2D eigenvalue weighted by molar-refractivity contribution is 5.83. The van der Waals surface area contributed by atoms with E-state index in [1.807, 2.05) is 6.92 Å². The molecule has 0 aliphatic heterocycles. The summed E-state index contributed by atoms with van der Waals surface area (Å²) in [4.78, 5) is 11.2. The molecule has 4 nitrogen and oxygen atoms in total. The Morgan fingerprint density at radius 2 is 2.14 bits per heavy atom. The maximum atomic E-state index is 11.2. The third-order valence-electron chi connectivity index (χ3n) is 1.35. The summed E-state index contributed by atoms with van der Waals surface area (Å²) in [5, 5.41) is 2.49. The zero-order valence-corrected chi connectivity index (χ0v) is 8.88. The first-order valence-electron chi connectivity index (χ1n) is 4.42. The smallest absolute Gasteiger partial charge is 0.414 e. The predicted octanol–water partition coefficient (Wildman–Crippen LogP) is 2.94. The van der Waals surface area contributed by atoms with Crippen LogP contribution in [0.25, 0.3) is 0 Å². The van der Waals surface area contributed by atoms with Gasteiger partial charge in [0, 0.05) is 6.07 Å². The Hall–Kier alpha value is -1.45. The molecule has 0 aliphatic carbocycles. The van der Waals surface area contributed by atoms with Gasteiger partial charge in [-0.05, 0) is 33.3 Å². The number of hydrogen-bond donors (Lipinski definition) is 1. The number of carbonyl (C=O) groups excluding carboxylic acids is 1. The molecule has 0 unspecified atom stereocenters. The number of anilines is 1. The van der Waals surface area contributed by atoms with Gasteiger partial charge in [-0.15, -0.1) is 0 Å². The molecule has 0 aromatic carbocycles. The third-order valence-corrected chi connectivity index (χ3v) is 1.35. The number of nitrogens with one attached hydrogen (secondary N) is 1. The molecule has 14 heavy (non-hydrogen) atoms. The molecule has 1 aromatic heterocycles. The minimum Gasteiger partial charge on any atom is -0.448 e. The fourth-order valence-corrected chi connectivity index (χ4v) is 0.901. The Kier molecular flexibility index (Phi) is 2.84. The molecule has 0 bridgehead atoms. The van der Waals surface area contributed by atoms with Gasteiger partial charge in [-0.1, -0.05) is 0 Å². The van der Waals surface area contributed by atoms with Crippen LogP contribution in [0.5, 0.6) is 0 Å². The van der Waals surface area contributed by atoms with E-state index in [9.17, 15) is 4.79 Å². The summed E-state index contributed by atoms with van der Waals surface area (Å²) >= 11 is 0. The highest BCUT2D eigenvalue weighted by Gasteiger charge is 2.16. The topological polar surface area (TPSA) is 51.5 Å². The van der Waals surface area contributed by atoms with E-state index in [1.165, 1.54) is 0 Å². The molecule has 0 aliphatic rings. The molecule has 0 spiro atoms. The van der Waals surface area contributed by atoms with Crippen LogP contribution in [0, 0.1) is 6.92 Å². The van der Waals surface area contributed by atoms with Crippen LogP contribution in [-0.4, -0.2) is 11.7 Å². The highest BCUT2D eigenvalue weighted by Crippen LogP contribution is 2.14. The lowest BCUT2D eigenvalue weighted by Gasteiger charge is -2.18. The van der Waals surface area contributed by atoms with Crippen LogP contribution in [0.3, 0.4) is 0 Å². The molecule has 0 saturated heterocycles. The first-order valence-corrected chi connectivity index (χ1v) is 4.42. The van der Waals surface area contributed by atoms with Crippen molar-refractivity contribution in [2.24, 2.45) is 0 Å². The summed E-state index contributed by atoms with van der Waals surface area (Å²) in [6.45, 7) is 7.30. The normalized spacial score (nSPS) is 11.1. The molecule has 1 rings (SSSR count). The molecule has 78 valence electrons. The van der Waals surface area contributed by atoms with E-state index in [0.29, 0.717) is 5.88 Å². The van der Waals surface area contributed by atoms with E-state index in [-0.39, 0.29) is 0 Å². The van der Waals surface area contributed by atoms with Gasteiger partial charge in [0.15, 0.2) is 0 Å². The fourth-order valence-electron chi connectivity index (χ4n) is 0.901. The van der Waals surface area contributed by atoms with Crippen molar-refractivity contribution in [1.82, 2.24) is 0 Å². The quantitative estimate of drug-likeness (QED) is 0.753. The van der Waals surface area contributed by atoms with Crippen LogP contribution in [0.4, 0.5) is 10.7 Å². The van der Waals surface area contributed by atoms with Crippen molar-refractivity contribution in [2.45, 2.75) is 33.3 Å². The van der Waals surface area contributed by atoms with Gasteiger partial charge in [0.05, 0.1) is 6.26 Å². The number of aryl methyl sites for hydroxylation is 1. The van der Waals surface area contributed by atoms with Gasteiger partial charge < -0.3 is 9.15 Å². The summed E-state index contributed by atoms with van der Waals surface area (Å²) < 4.78 is 10.1. The summed E-state index contributed by atoms with van der Waals surface area (Å²) in [5.74, 6) is 0.400. The second-order valence-electron chi connectivity index (χ2n) is 4.12. The highest BCUT2D eigenvalue weighted by atomic mass is 16.6. The molecule has 4 heteroatoms. The SMILES string of the molecule is Cc1coc(NC(=O)OC(C)(C)C)c1. The Bertz CT molecular complexity index is 322. The molecular weight excluding hydrogens is 182 g/mol. The lowest BCUT2D eigenvalue weighted by molar-refractivity contribution is 0.0632. The molecule has 1 aromatic rings. The molecule has 0 atom stereocenters. The van der Waals surface area contributed by atoms with Crippen LogP contribution in [-0.2, 0) is 4.74 Å². The lowest BCUT2D eigenvalue weighted by atomic mass is 10.2. The third kappa shape index (κ3) is 3.51. The van der Waals surface area contributed by atoms with E-state index >= 15 is 0 Å². The zero-order valence-electron chi connectivity index (χ0n) is 8.88. The van der Waals surface area contributed by atoms with E-state index in [2.05, 4.69) is 5.32 Å². The molecule has 0 saturated carbocycles. The van der Waals surface area contributed by atoms with Crippen molar-refractivity contribution in [3.63, 3.8) is 0 Å². The van der Waals surface area contributed by atoms with Crippen molar-refractivity contribution < 1.29 is 13.9 Å². The number of carbonyl (C=O) groups is 1. The summed E-state index contributed by atoms with van der Waals surface area (Å²) in [7, 11) is 0. The first kappa shape index (κ1) is 10.6. The number of hydrogen-bond acceptors (Lipinski definition) is 3. The number of ether oxygens (including phenoxy) is 1. The van der Waals surface area contributed by atoms with Gasteiger partial charge in [-0.25, -0.2) is 4.79 Å². The molecular formula is C10H15NO3. The minimum atomic E-state index is -0.508. The van der Waals surface area contributed by atoms with Crippen LogP contribution in [0.2, 0.25) is 0 Å². The Morgan fingerprint density at radius 3 is 2.57 bits per heavy atom. The summed E-state index contributed by atoms with van der Waals surface area (Å²) in [6.07, 6.45) is 1.05. The number of amides is 1. The van der Waals surface area contributed by atoms with Gasteiger partial charge in [-0.2, -0.15) is 0 Å². The molecule has 1 amide bonds. The standard InChI is InChI=1S/C10H15NO3/c1-7-5-8(13-6-7)11-9(12)14-10(2,3)4/h5-6H,1-4H3,(H,11,12). The minimum absolute atomic E-state index is 0.400. The average Bonchev–Trinajstić information content (AvgIpc) is 2.30. The Morgan fingerprint density at radius 1 is 1.50 bits per heavy atom. The van der Waals surface area contributed by atoms with Crippen molar-refractivity contribution >= 4 is 12.0 Å². The second-order valence-corrected chi connectivity index (χ2v) is 4.12. The molecule has 0 fully saturated rings. The van der Waals surface area contributed by atoms with Crippen molar-refractivity contribution in [3.8, 4) is 0 Å².